The Kier molecular flexibility index (Phi) is 3.96. The molecule has 2 aliphatic rings. The Morgan fingerprint density at radius 3 is 2.23 bits per heavy atom. The normalized spacial score (nSPS) is 16.3. The first kappa shape index (κ1) is 16.2. The second kappa shape index (κ2) is 6.34. The number of nitrogens with two attached hydrogens (primary N) is 1. The van der Waals surface area contributed by atoms with Crippen LogP contribution in [0.3, 0.4) is 0 Å². The van der Waals surface area contributed by atoms with E-state index in [9.17, 15) is 0 Å². The van der Waals surface area contributed by atoms with E-state index < -0.39 is 0 Å². The number of benzene rings is 1. The molecule has 3 aromatic rings. The summed E-state index contributed by atoms with van der Waals surface area (Å²) in [6.07, 6.45) is 9.04. The monoisotopic (exact) mass is 407 g/mol. The van der Waals surface area contributed by atoms with Crippen LogP contribution in [0.15, 0.2) is 28.7 Å². The zero-order valence-corrected chi connectivity index (χ0v) is 16.4. The number of fused-ring (bicyclic) bond motifs is 3. The second-order valence-corrected chi connectivity index (χ2v) is 8.40. The number of pyridine rings is 2. The minimum Gasteiger partial charge on any atom is -0.398 e. The van der Waals surface area contributed by atoms with Gasteiger partial charge in [-0.25, -0.2) is 9.97 Å². The molecular weight excluding hydrogens is 386 g/mol. The summed E-state index contributed by atoms with van der Waals surface area (Å²) in [5.41, 5.74) is 16.0. The molecule has 0 unspecified atom stereocenters. The highest BCUT2D eigenvalue weighted by Crippen LogP contribution is 2.41. The predicted molar refractivity (Wildman–Crippen MR) is 110 cm³/mol. The van der Waals surface area contributed by atoms with E-state index in [1.807, 2.05) is 0 Å². The zero-order valence-electron chi connectivity index (χ0n) is 14.8. The SMILES string of the molecule is Nc1c2c(nc3nc4c(c(-c5cccc(Br)c5)c13)CCCC4)CCCC2. The number of anilines is 1. The summed E-state index contributed by atoms with van der Waals surface area (Å²) >= 11 is 3.64. The van der Waals surface area contributed by atoms with Gasteiger partial charge in [-0.2, -0.15) is 0 Å². The highest BCUT2D eigenvalue weighted by molar-refractivity contribution is 9.10. The number of hydrogen-bond donors (Lipinski definition) is 1. The summed E-state index contributed by atoms with van der Waals surface area (Å²) in [5.74, 6) is 0. The van der Waals surface area contributed by atoms with Crippen molar-refractivity contribution in [1.29, 1.82) is 0 Å². The number of hydrogen-bond acceptors (Lipinski definition) is 3. The van der Waals surface area contributed by atoms with Crippen molar-refractivity contribution in [3.05, 3.63) is 51.3 Å². The average Bonchev–Trinajstić information content (AvgIpc) is 2.66. The lowest BCUT2D eigenvalue weighted by molar-refractivity contribution is 0.665. The molecule has 0 spiro atoms. The maximum Gasteiger partial charge on any atom is 0.162 e. The molecular formula is C22H22BrN3. The molecule has 2 heterocycles. The molecule has 132 valence electrons. The Balaban J connectivity index is 1.90. The Hall–Kier alpha value is -1.94. The Morgan fingerprint density at radius 1 is 0.846 bits per heavy atom. The number of aromatic nitrogens is 2. The van der Waals surface area contributed by atoms with Gasteiger partial charge in [0.2, 0.25) is 0 Å². The van der Waals surface area contributed by atoms with Crippen LogP contribution in [0, 0.1) is 0 Å². The molecule has 2 aliphatic carbocycles. The number of halogens is 1. The minimum atomic E-state index is 0.846. The molecule has 0 radical (unpaired) electrons. The molecule has 0 bridgehead atoms. The molecule has 1 aromatic carbocycles. The fourth-order valence-corrected chi connectivity index (χ4v) is 5.01. The fraction of sp³-hybridized carbons (Fsp3) is 0.364. The van der Waals surface area contributed by atoms with Crippen molar-refractivity contribution >= 4 is 32.7 Å². The quantitative estimate of drug-likeness (QED) is 0.587. The van der Waals surface area contributed by atoms with Crippen LogP contribution < -0.4 is 5.73 Å². The standard InChI is InChI=1S/C22H22BrN3/c23-14-7-5-6-13(12-14)19-15-8-1-3-10-17(15)25-22-20(19)21(24)16-9-2-4-11-18(16)26-22/h5-7,12H,1-4,8-11H2,(H2,24,25,26). The van der Waals surface area contributed by atoms with E-state index >= 15 is 0 Å². The Labute approximate surface area is 162 Å². The van der Waals surface area contributed by atoms with Crippen LogP contribution in [0.1, 0.15) is 48.2 Å². The third-order valence-electron chi connectivity index (χ3n) is 5.84. The van der Waals surface area contributed by atoms with Gasteiger partial charge in [0.25, 0.3) is 0 Å². The number of nitrogens with zero attached hydrogens (tertiary/aromatic N) is 2. The first-order valence-electron chi connectivity index (χ1n) is 9.61. The zero-order chi connectivity index (χ0) is 17.7. The number of rotatable bonds is 1. The van der Waals surface area contributed by atoms with E-state index in [0.29, 0.717) is 0 Å². The first-order chi connectivity index (χ1) is 12.7. The molecule has 0 saturated carbocycles. The van der Waals surface area contributed by atoms with E-state index in [4.69, 9.17) is 15.7 Å². The topological polar surface area (TPSA) is 51.8 Å². The van der Waals surface area contributed by atoms with Crippen molar-refractivity contribution in [2.45, 2.75) is 51.4 Å². The summed E-state index contributed by atoms with van der Waals surface area (Å²) in [7, 11) is 0. The highest BCUT2D eigenvalue weighted by atomic mass is 79.9. The summed E-state index contributed by atoms with van der Waals surface area (Å²) < 4.78 is 1.09. The minimum absolute atomic E-state index is 0.846. The van der Waals surface area contributed by atoms with Crippen molar-refractivity contribution in [2.75, 3.05) is 5.73 Å². The van der Waals surface area contributed by atoms with Crippen molar-refractivity contribution in [1.82, 2.24) is 9.97 Å². The van der Waals surface area contributed by atoms with E-state index in [1.54, 1.807) is 0 Å². The molecule has 2 N–H and O–H groups in total. The molecule has 0 saturated heterocycles. The number of nitrogen functional groups attached to an aromatic ring is 1. The smallest absolute Gasteiger partial charge is 0.162 e. The first-order valence-corrected chi connectivity index (χ1v) is 10.4. The molecule has 5 rings (SSSR count). The van der Waals surface area contributed by atoms with Gasteiger partial charge in [0.15, 0.2) is 5.65 Å². The molecule has 3 nitrogen and oxygen atoms in total. The molecule has 0 fully saturated rings. The maximum atomic E-state index is 6.76. The lowest BCUT2D eigenvalue weighted by Gasteiger charge is -2.24. The van der Waals surface area contributed by atoms with Crippen LogP contribution >= 0.6 is 15.9 Å². The molecule has 2 aromatic heterocycles. The van der Waals surface area contributed by atoms with Crippen molar-refractivity contribution in [3.8, 4) is 11.1 Å². The molecule has 0 aliphatic heterocycles. The van der Waals surface area contributed by atoms with Gasteiger partial charge in [0.05, 0.1) is 5.39 Å². The van der Waals surface area contributed by atoms with Crippen LogP contribution in [-0.4, -0.2) is 9.97 Å². The van der Waals surface area contributed by atoms with Gasteiger partial charge in [0.1, 0.15) is 0 Å². The third-order valence-corrected chi connectivity index (χ3v) is 6.34. The Morgan fingerprint density at radius 2 is 1.50 bits per heavy atom. The van der Waals surface area contributed by atoms with Crippen LogP contribution in [0.5, 0.6) is 0 Å². The maximum absolute atomic E-state index is 6.76. The van der Waals surface area contributed by atoms with Crippen molar-refractivity contribution in [3.63, 3.8) is 0 Å². The van der Waals surface area contributed by atoms with E-state index in [-0.39, 0.29) is 0 Å². The second-order valence-electron chi connectivity index (χ2n) is 7.49. The molecule has 0 amide bonds. The fourth-order valence-electron chi connectivity index (χ4n) is 4.61. The van der Waals surface area contributed by atoms with Crippen LogP contribution in [-0.2, 0) is 25.7 Å². The van der Waals surface area contributed by atoms with Gasteiger partial charge in [-0.15, -0.1) is 0 Å². The van der Waals surface area contributed by atoms with Crippen LogP contribution in [0.2, 0.25) is 0 Å². The lowest BCUT2D eigenvalue weighted by Crippen LogP contribution is -2.14. The van der Waals surface area contributed by atoms with E-state index in [1.165, 1.54) is 59.3 Å². The largest absolute Gasteiger partial charge is 0.398 e. The summed E-state index contributed by atoms with van der Waals surface area (Å²) in [4.78, 5) is 9.98. The van der Waals surface area contributed by atoms with E-state index in [2.05, 4.69) is 40.2 Å². The van der Waals surface area contributed by atoms with Crippen molar-refractivity contribution in [2.24, 2.45) is 0 Å². The Bertz CT molecular complexity index is 1020. The molecule has 26 heavy (non-hydrogen) atoms. The van der Waals surface area contributed by atoms with Crippen molar-refractivity contribution < 1.29 is 0 Å². The van der Waals surface area contributed by atoms with Gasteiger partial charge in [-0.3, -0.25) is 0 Å². The summed E-state index contributed by atoms with van der Waals surface area (Å²) in [6.45, 7) is 0. The number of aryl methyl sites for hydroxylation is 2. The average molecular weight is 408 g/mol. The van der Waals surface area contributed by atoms with Crippen LogP contribution in [0.4, 0.5) is 5.69 Å². The summed E-state index contributed by atoms with van der Waals surface area (Å²) in [5, 5.41) is 1.07. The predicted octanol–water partition coefficient (Wildman–Crippen LogP) is 5.40. The third kappa shape index (κ3) is 2.54. The van der Waals surface area contributed by atoms with Gasteiger partial charge < -0.3 is 5.73 Å². The summed E-state index contributed by atoms with van der Waals surface area (Å²) in [6, 6.07) is 8.56. The van der Waals surface area contributed by atoms with Gasteiger partial charge in [0, 0.05) is 21.5 Å². The van der Waals surface area contributed by atoms with Gasteiger partial charge >= 0.3 is 0 Å². The van der Waals surface area contributed by atoms with Gasteiger partial charge in [-0.05, 0) is 85.8 Å². The lowest BCUT2D eigenvalue weighted by atomic mass is 9.85. The van der Waals surface area contributed by atoms with Crippen LogP contribution in [0.25, 0.3) is 22.2 Å². The molecule has 4 heteroatoms. The van der Waals surface area contributed by atoms with Gasteiger partial charge in [-0.1, -0.05) is 28.1 Å². The highest BCUT2D eigenvalue weighted by Gasteiger charge is 2.25. The van der Waals surface area contributed by atoms with E-state index in [0.717, 1.165) is 46.9 Å². The molecule has 0 atom stereocenters.